The van der Waals surface area contributed by atoms with Crippen molar-refractivity contribution >= 4 is 10.9 Å². The molecule has 0 aliphatic rings. The molecule has 0 aliphatic heterocycles. The number of pyridine rings is 1. The van der Waals surface area contributed by atoms with Crippen molar-refractivity contribution in [2.24, 2.45) is 5.92 Å². The first-order valence-corrected chi connectivity index (χ1v) is 7.35. The van der Waals surface area contributed by atoms with Gasteiger partial charge in [0, 0.05) is 17.6 Å². The number of hydrogen-bond acceptors (Lipinski definition) is 2. The highest BCUT2D eigenvalue weighted by atomic mass is 14.9. The molecule has 1 heterocycles. The topological polar surface area (TPSA) is 24.9 Å². The fourth-order valence-corrected chi connectivity index (χ4v) is 2.53. The Kier molecular flexibility index (Phi) is 4.92. The van der Waals surface area contributed by atoms with Crippen molar-refractivity contribution in [2.45, 2.75) is 39.7 Å². The molecule has 1 N–H and O–H groups in total. The van der Waals surface area contributed by atoms with Crippen LogP contribution in [-0.4, -0.2) is 11.5 Å². The Labute approximate surface area is 116 Å². The van der Waals surface area contributed by atoms with E-state index in [0.29, 0.717) is 12.0 Å². The van der Waals surface area contributed by atoms with Gasteiger partial charge < -0.3 is 5.32 Å². The summed E-state index contributed by atoms with van der Waals surface area (Å²) < 4.78 is 0. The maximum absolute atomic E-state index is 4.59. The van der Waals surface area contributed by atoms with Gasteiger partial charge in [-0.1, -0.05) is 51.5 Å². The van der Waals surface area contributed by atoms with Gasteiger partial charge >= 0.3 is 0 Å². The Bertz CT molecular complexity index is 516. The lowest BCUT2D eigenvalue weighted by Gasteiger charge is -2.25. The van der Waals surface area contributed by atoms with Gasteiger partial charge in [-0.15, -0.1) is 0 Å². The molecule has 102 valence electrons. The van der Waals surface area contributed by atoms with Crippen molar-refractivity contribution in [3.63, 3.8) is 0 Å². The lowest BCUT2D eigenvalue weighted by atomic mass is 9.91. The summed E-state index contributed by atoms with van der Waals surface area (Å²) in [6, 6.07) is 11.0. The van der Waals surface area contributed by atoms with Gasteiger partial charge in [-0.2, -0.15) is 0 Å². The van der Waals surface area contributed by atoms with Crippen LogP contribution >= 0.6 is 0 Å². The minimum Gasteiger partial charge on any atom is -0.310 e. The first kappa shape index (κ1) is 14.0. The maximum Gasteiger partial charge on any atom is 0.0749 e. The van der Waals surface area contributed by atoms with Crippen molar-refractivity contribution in [1.29, 1.82) is 0 Å². The number of benzene rings is 1. The van der Waals surface area contributed by atoms with E-state index in [1.54, 1.807) is 0 Å². The summed E-state index contributed by atoms with van der Waals surface area (Å²) in [5.41, 5.74) is 2.47. The third-order valence-electron chi connectivity index (χ3n) is 3.83. The number of aromatic nitrogens is 1. The van der Waals surface area contributed by atoms with E-state index in [4.69, 9.17) is 0 Å². The zero-order chi connectivity index (χ0) is 13.7. The molecule has 0 bridgehead atoms. The van der Waals surface area contributed by atoms with Crippen LogP contribution < -0.4 is 5.32 Å². The van der Waals surface area contributed by atoms with Crippen LogP contribution in [0.2, 0.25) is 0 Å². The maximum atomic E-state index is 4.59. The second kappa shape index (κ2) is 6.67. The third-order valence-corrected chi connectivity index (χ3v) is 3.83. The number of fused-ring (bicyclic) bond motifs is 1. The molecule has 1 aromatic carbocycles. The van der Waals surface area contributed by atoms with Gasteiger partial charge in [0.2, 0.25) is 0 Å². The van der Waals surface area contributed by atoms with Crippen LogP contribution in [0.5, 0.6) is 0 Å². The predicted octanol–water partition coefficient (Wildman–Crippen LogP) is 4.32. The quantitative estimate of drug-likeness (QED) is 0.832. The van der Waals surface area contributed by atoms with Crippen molar-refractivity contribution < 1.29 is 0 Å². The first-order valence-electron chi connectivity index (χ1n) is 7.35. The van der Waals surface area contributed by atoms with Crippen LogP contribution in [0.3, 0.4) is 0 Å². The lowest BCUT2D eigenvalue weighted by Crippen LogP contribution is -2.27. The number of nitrogens with one attached hydrogen (secondary N) is 1. The summed E-state index contributed by atoms with van der Waals surface area (Å²) >= 11 is 0. The summed E-state index contributed by atoms with van der Waals surface area (Å²) in [5.74, 6) is 0.610. The van der Waals surface area contributed by atoms with E-state index in [-0.39, 0.29) is 0 Å². The van der Waals surface area contributed by atoms with E-state index in [1.165, 1.54) is 17.4 Å². The van der Waals surface area contributed by atoms with Crippen LogP contribution in [0, 0.1) is 5.92 Å². The van der Waals surface area contributed by atoms with Crippen molar-refractivity contribution in [2.75, 3.05) is 6.54 Å². The van der Waals surface area contributed by atoms with Crippen LogP contribution in [0.15, 0.2) is 36.5 Å². The second-order valence-electron chi connectivity index (χ2n) is 5.24. The van der Waals surface area contributed by atoms with E-state index in [2.05, 4.69) is 55.3 Å². The molecule has 0 amide bonds. The van der Waals surface area contributed by atoms with Gasteiger partial charge in [0.15, 0.2) is 0 Å². The molecule has 0 saturated heterocycles. The van der Waals surface area contributed by atoms with Crippen LogP contribution in [0.1, 0.15) is 45.2 Å². The zero-order valence-corrected chi connectivity index (χ0v) is 12.2. The molecular weight excluding hydrogens is 232 g/mol. The molecule has 2 nitrogen and oxygen atoms in total. The number of para-hydroxylation sites is 1. The SMILES string of the molecule is CCCNC(c1cccc2cccnc12)C(C)CC. The lowest BCUT2D eigenvalue weighted by molar-refractivity contribution is 0.379. The molecule has 2 rings (SSSR count). The average molecular weight is 256 g/mol. The van der Waals surface area contributed by atoms with Crippen LogP contribution in [-0.2, 0) is 0 Å². The third kappa shape index (κ3) is 3.13. The van der Waals surface area contributed by atoms with Crippen molar-refractivity contribution in [3.05, 3.63) is 42.1 Å². The molecule has 0 fully saturated rings. The van der Waals surface area contributed by atoms with E-state index >= 15 is 0 Å². The van der Waals surface area contributed by atoms with Gasteiger partial charge in [-0.05, 0) is 30.5 Å². The number of nitrogens with zero attached hydrogens (tertiary/aromatic N) is 1. The zero-order valence-electron chi connectivity index (χ0n) is 12.2. The fraction of sp³-hybridized carbons (Fsp3) is 0.471. The Morgan fingerprint density at radius 2 is 1.95 bits per heavy atom. The summed E-state index contributed by atoms with van der Waals surface area (Å²) in [6.07, 6.45) is 4.22. The van der Waals surface area contributed by atoms with Crippen LogP contribution in [0.4, 0.5) is 0 Å². The highest BCUT2D eigenvalue weighted by molar-refractivity contribution is 5.82. The minimum absolute atomic E-state index is 0.392. The van der Waals surface area contributed by atoms with Gasteiger partial charge in [-0.25, -0.2) is 0 Å². The molecular formula is C17H24N2. The largest absolute Gasteiger partial charge is 0.310 e. The highest BCUT2D eigenvalue weighted by Crippen LogP contribution is 2.29. The standard InChI is InChI=1S/C17H24N2/c1-4-11-18-16(13(3)5-2)15-10-6-8-14-9-7-12-19-17(14)15/h6-10,12-13,16,18H,4-5,11H2,1-3H3. The number of hydrogen-bond donors (Lipinski definition) is 1. The Hall–Kier alpha value is -1.41. The summed E-state index contributed by atoms with van der Waals surface area (Å²) in [4.78, 5) is 4.59. The normalized spacial score (nSPS) is 14.5. The molecule has 0 aliphatic carbocycles. The minimum atomic E-state index is 0.392. The van der Waals surface area contributed by atoms with Gasteiger partial charge in [0.25, 0.3) is 0 Å². The van der Waals surface area contributed by atoms with E-state index in [9.17, 15) is 0 Å². The molecule has 0 spiro atoms. The van der Waals surface area contributed by atoms with Crippen LogP contribution in [0.25, 0.3) is 10.9 Å². The Morgan fingerprint density at radius 3 is 2.68 bits per heavy atom. The molecule has 2 atom stereocenters. The highest BCUT2D eigenvalue weighted by Gasteiger charge is 2.19. The Morgan fingerprint density at radius 1 is 1.16 bits per heavy atom. The molecule has 19 heavy (non-hydrogen) atoms. The Balaban J connectivity index is 2.43. The van der Waals surface area contributed by atoms with E-state index < -0.39 is 0 Å². The number of rotatable bonds is 6. The van der Waals surface area contributed by atoms with Gasteiger partial charge in [0.1, 0.15) is 0 Å². The molecule has 2 heteroatoms. The molecule has 0 radical (unpaired) electrons. The van der Waals surface area contributed by atoms with E-state index in [0.717, 1.165) is 18.5 Å². The van der Waals surface area contributed by atoms with Crippen molar-refractivity contribution in [1.82, 2.24) is 10.3 Å². The first-order chi connectivity index (χ1) is 9.27. The van der Waals surface area contributed by atoms with E-state index in [1.807, 2.05) is 12.3 Å². The molecule has 0 saturated carbocycles. The van der Waals surface area contributed by atoms with Gasteiger partial charge in [-0.3, -0.25) is 4.98 Å². The monoisotopic (exact) mass is 256 g/mol. The smallest absolute Gasteiger partial charge is 0.0749 e. The van der Waals surface area contributed by atoms with Gasteiger partial charge in [0.05, 0.1) is 5.52 Å². The van der Waals surface area contributed by atoms with Crippen molar-refractivity contribution in [3.8, 4) is 0 Å². The molecule has 1 aromatic heterocycles. The summed E-state index contributed by atoms with van der Waals surface area (Å²) in [5, 5.41) is 4.92. The summed E-state index contributed by atoms with van der Waals surface area (Å²) in [7, 11) is 0. The second-order valence-corrected chi connectivity index (χ2v) is 5.24. The molecule has 2 unspecified atom stereocenters. The predicted molar refractivity (Wildman–Crippen MR) is 82.2 cm³/mol. The molecule has 2 aromatic rings. The fourth-order valence-electron chi connectivity index (χ4n) is 2.53. The summed E-state index contributed by atoms with van der Waals surface area (Å²) in [6.45, 7) is 7.83. The average Bonchev–Trinajstić information content (AvgIpc) is 2.47.